The first-order chi connectivity index (χ1) is 9.65. The molecule has 4 heteroatoms. The molecule has 2 nitrogen and oxygen atoms in total. The average Bonchev–Trinajstić information content (AvgIpc) is 2.77. The van der Waals surface area contributed by atoms with Crippen molar-refractivity contribution in [3.63, 3.8) is 0 Å². The van der Waals surface area contributed by atoms with Crippen molar-refractivity contribution < 1.29 is 4.79 Å². The fraction of sp³-hybridized carbons (Fsp3) is 0.0625. The van der Waals surface area contributed by atoms with Gasteiger partial charge in [0.2, 0.25) is 0 Å². The molecular weight excluding hydrogens is 290 g/mol. The van der Waals surface area contributed by atoms with Crippen LogP contribution in [0.3, 0.4) is 0 Å². The highest BCUT2D eigenvalue weighted by Gasteiger charge is 2.16. The molecule has 20 heavy (non-hydrogen) atoms. The Bertz CT molecular complexity index is 794. The molecule has 1 amide bonds. The monoisotopic (exact) mass is 301 g/mol. The Morgan fingerprint density at radius 1 is 1.15 bits per heavy atom. The van der Waals surface area contributed by atoms with E-state index in [2.05, 4.69) is 5.32 Å². The Morgan fingerprint density at radius 2 is 1.95 bits per heavy atom. The predicted molar refractivity (Wildman–Crippen MR) is 86.0 cm³/mol. The third kappa shape index (κ3) is 2.42. The van der Waals surface area contributed by atoms with Gasteiger partial charge in [-0.25, -0.2) is 0 Å². The summed E-state index contributed by atoms with van der Waals surface area (Å²) in [6.07, 6.45) is 0. The van der Waals surface area contributed by atoms with Crippen LogP contribution < -0.4 is 5.32 Å². The van der Waals surface area contributed by atoms with E-state index in [1.807, 2.05) is 55.5 Å². The number of thiophene rings is 1. The standard InChI is InChI=1S/C16H12ClNOS/c1-10-5-4-6-11(9-10)18-16(19)15-14(17)12-7-2-3-8-13(12)20-15/h2-9H,1H3,(H,18,19). The molecule has 0 spiro atoms. The van der Waals surface area contributed by atoms with Crippen LogP contribution in [0.5, 0.6) is 0 Å². The number of hydrogen-bond acceptors (Lipinski definition) is 2. The van der Waals surface area contributed by atoms with Crippen LogP contribution in [0.1, 0.15) is 15.2 Å². The van der Waals surface area contributed by atoms with E-state index in [9.17, 15) is 4.79 Å². The van der Waals surface area contributed by atoms with E-state index >= 15 is 0 Å². The van der Waals surface area contributed by atoms with Crippen molar-refractivity contribution in [2.24, 2.45) is 0 Å². The number of rotatable bonds is 2. The molecule has 100 valence electrons. The first kappa shape index (κ1) is 13.2. The van der Waals surface area contributed by atoms with Gasteiger partial charge < -0.3 is 5.32 Å². The summed E-state index contributed by atoms with van der Waals surface area (Å²) >= 11 is 7.71. The van der Waals surface area contributed by atoms with Crippen LogP contribution in [0, 0.1) is 6.92 Å². The number of amides is 1. The Labute approximate surface area is 126 Å². The second kappa shape index (κ2) is 5.27. The van der Waals surface area contributed by atoms with Crippen LogP contribution in [0.2, 0.25) is 5.02 Å². The summed E-state index contributed by atoms with van der Waals surface area (Å²) in [6.45, 7) is 1.99. The van der Waals surface area contributed by atoms with Crippen molar-refractivity contribution in [3.05, 3.63) is 64.0 Å². The van der Waals surface area contributed by atoms with Gasteiger partial charge in [0.05, 0.1) is 5.02 Å². The van der Waals surface area contributed by atoms with E-state index in [1.165, 1.54) is 11.3 Å². The molecule has 0 aliphatic rings. The molecule has 1 aromatic heterocycles. The maximum atomic E-state index is 12.3. The molecule has 0 atom stereocenters. The van der Waals surface area contributed by atoms with Gasteiger partial charge in [0.25, 0.3) is 5.91 Å². The minimum absolute atomic E-state index is 0.165. The van der Waals surface area contributed by atoms with Crippen LogP contribution in [-0.2, 0) is 0 Å². The van der Waals surface area contributed by atoms with Crippen LogP contribution >= 0.6 is 22.9 Å². The zero-order valence-corrected chi connectivity index (χ0v) is 12.4. The normalized spacial score (nSPS) is 10.7. The first-order valence-electron chi connectivity index (χ1n) is 6.20. The van der Waals surface area contributed by atoms with E-state index < -0.39 is 0 Å². The number of carbonyl (C=O) groups is 1. The molecule has 1 heterocycles. The number of hydrogen-bond donors (Lipinski definition) is 1. The van der Waals surface area contributed by atoms with E-state index in [0.717, 1.165) is 21.3 Å². The molecule has 3 aromatic rings. The fourth-order valence-electron chi connectivity index (χ4n) is 2.07. The number of anilines is 1. The topological polar surface area (TPSA) is 29.1 Å². The molecule has 0 saturated carbocycles. The van der Waals surface area contributed by atoms with E-state index in [0.29, 0.717) is 9.90 Å². The lowest BCUT2D eigenvalue weighted by atomic mass is 10.2. The summed E-state index contributed by atoms with van der Waals surface area (Å²) in [5, 5.41) is 4.34. The predicted octanol–water partition coefficient (Wildman–Crippen LogP) is 5.12. The molecule has 0 aliphatic carbocycles. The molecule has 1 N–H and O–H groups in total. The number of fused-ring (bicyclic) bond motifs is 1. The maximum Gasteiger partial charge on any atom is 0.267 e. The number of nitrogens with one attached hydrogen (secondary N) is 1. The summed E-state index contributed by atoms with van der Waals surface area (Å²) in [7, 11) is 0. The minimum atomic E-state index is -0.165. The maximum absolute atomic E-state index is 12.3. The van der Waals surface area contributed by atoms with Crippen molar-refractivity contribution >= 4 is 44.6 Å². The molecule has 0 saturated heterocycles. The molecule has 3 rings (SSSR count). The summed E-state index contributed by atoms with van der Waals surface area (Å²) < 4.78 is 1.02. The third-order valence-electron chi connectivity index (χ3n) is 3.02. The lowest BCUT2D eigenvalue weighted by Gasteiger charge is -2.04. The van der Waals surface area contributed by atoms with Crippen molar-refractivity contribution in [2.45, 2.75) is 6.92 Å². The molecule has 2 aromatic carbocycles. The third-order valence-corrected chi connectivity index (χ3v) is 4.69. The van der Waals surface area contributed by atoms with Crippen LogP contribution in [0.25, 0.3) is 10.1 Å². The fourth-order valence-corrected chi connectivity index (χ4v) is 3.48. The zero-order chi connectivity index (χ0) is 14.1. The number of carbonyl (C=O) groups excluding carboxylic acids is 1. The zero-order valence-electron chi connectivity index (χ0n) is 10.8. The van der Waals surface area contributed by atoms with Gasteiger partial charge in [-0.2, -0.15) is 0 Å². The largest absolute Gasteiger partial charge is 0.321 e. The van der Waals surface area contributed by atoms with Crippen LogP contribution in [-0.4, -0.2) is 5.91 Å². The highest BCUT2D eigenvalue weighted by atomic mass is 35.5. The summed E-state index contributed by atoms with van der Waals surface area (Å²) in [5.41, 5.74) is 1.88. The van der Waals surface area contributed by atoms with Gasteiger partial charge in [0.15, 0.2) is 0 Å². The number of benzene rings is 2. The summed E-state index contributed by atoms with van der Waals surface area (Å²) in [5.74, 6) is -0.165. The first-order valence-corrected chi connectivity index (χ1v) is 7.39. The molecule has 0 fully saturated rings. The van der Waals surface area contributed by atoms with Crippen LogP contribution in [0.4, 0.5) is 5.69 Å². The Hall–Kier alpha value is -1.84. The van der Waals surface area contributed by atoms with Gasteiger partial charge in [-0.3, -0.25) is 4.79 Å². The summed E-state index contributed by atoms with van der Waals surface area (Å²) in [6, 6.07) is 15.5. The Kier molecular flexibility index (Phi) is 3.47. The number of aryl methyl sites for hydroxylation is 1. The van der Waals surface area contributed by atoms with Crippen molar-refractivity contribution in [2.75, 3.05) is 5.32 Å². The molecular formula is C16H12ClNOS. The van der Waals surface area contributed by atoms with E-state index in [-0.39, 0.29) is 5.91 Å². The second-order valence-corrected chi connectivity index (χ2v) is 6.00. The molecule has 0 bridgehead atoms. The second-order valence-electron chi connectivity index (χ2n) is 4.56. The Balaban J connectivity index is 1.95. The van der Waals surface area contributed by atoms with Gasteiger partial charge in [-0.05, 0) is 30.7 Å². The van der Waals surface area contributed by atoms with E-state index in [4.69, 9.17) is 11.6 Å². The lowest BCUT2D eigenvalue weighted by molar-refractivity contribution is 0.103. The number of halogens is 1. The highest BCUT2D eigenvalue weighted by Crippen LogP contribution is 2.35. The van der Waals surface area contributed by atoms with Crippen molar-refractivity contribution in [1.82, 2.24) is 0 Å². The van der Waals surface area contributed by atoms with Gasteiger partial charge in [-0.1, -0.05) is 41.9 Å². The van der Waals surface area contributed by atoms with Crippen molar-refractivity contribution in [3.8, 4) is 0 Å². The summed E-state index contributed by atoms with van der Waals surface area (Å²) in [4.78, 5) is 12.9. The Morgan fingerprint density at radius 3 is 2.70 bits per heavy atom. The molecule has 0 aliphatic heterocycles. The average molecular weight is 302 g/mol. The quantitative estimate of drug-likeness (QED) is 0.699. The van der Waals surface area contributed by atoms with Crippen LogP contribution in [0.15, 0.2) is 48.5 Å². The highest BCUT2D eigenvalue weighted by molar-refractivity contribution is 7.21. The van der Waals surface area contributed by atoms with Crippen molar-refractivity contribution in [1.29, 1.82) is 0 Å². The van der Waals surface area contributed by atoms with Gasteiger partial charge in [0, 0.05) is 15.8 Å². The molecule has 0 unspecified atom stereocenters. The van der Waals surface area contributed by atoms with Gasteiger partial charge in [-0.15, -0.1) is 11.3 Å². The SMILES string of the molecule is Cc1cccc(NC(=O)c2sc3ccccc3c2Cl)c1. The molecule has 0 radical (unpaired) electrons. The lowest BCUT2D eigenvalue weighted by Crippen LogP contribution is -2.10. The van der Waals surface area contributed by atoms with Gasteiger partial charge in [0.1, 0.15) is 4.88 Å². The van der Waals surface area contributed by atoms with E-state index in [1.54, 1.807) is 0 Å². The smallest absolute Gasteiger partial charge is 0.267 e. The minimum Gasteiger partial charge on any atom is -0.321 e. The van der Waals surface area contributed by atoms with Gasteiger partial charge >= 0.3 is 0 Å².